The molecule has 1 aliphatic heterocycles. The SMILES string of the molecule is CC1CCCC(C)N1CC1(CBr)CC1. The molecule has 2 heteroatoms. The number of piperidine rings is 1. The smallest absolute Gasteiger partial charge is 0.0100 e. The van der Waals surface area contributed by atoms with Gasteiger partial charge in [-0.2, -0.15) is 0 Å². The Morgan fingerprint density at radius 3 is 2.21 bits per heavy atom. The van der Waals surface area contributed by atoms with Crippen LogP contribution in [-0.2, 0) is 0 Å². The summed E-state index contributed by atoms with van der Waals surface area (Å²) in [5.74, 6) is 0. The van der Waals surface area contributed by atoms with Gasteiger partial charge < -0.3 is 0 Å². The Morgan fingerprint density at radius 2 is 1.79 bits per heavy atom. The van der Waals surface area contributed by atoms with E-state index in [-0.39, 0.29) is 0 Å². The lowest BCUT2D eigenvalue weighted by atomic mass is 9.95. The lowest BCUT2D eigenvalue weighted by molar-refractivity contribution is 0.0831. The molecule has 14 heavy (non-hydrogen) atoms. The van der Waals surface area contributed by atoms with Gasteiger partial charge in [0.25, 0.3) is 0 Å². The lowest BCUT2D eigenvalue weighted by Gasteiger charge is -2.41. The van der Waals surface area contributed by atoms with E-state index in [1.807, 2.05) is 0 Å². The zero-order chi connectivity index (χ0) is 10.2. The predicted octanol–water partition coefficient (Wildman–Crippen LogP) is 3.42. The number of hydrogen-bond donors (Lipinski definition) is 0. The second-order valence-corrected chi connectivity index (χ2v) is 6.00. The quantitative estimate of drug-likeness (QED) is 0.703. The molecule has 1 saturated carbocycles. The molecule has 2 atom stereocenters. The van der Waals surface area contributed by atoms with Gasteiger partial charge in [-0.05, 0) is 44.9 Å². The van der Waals surface area contributed by atoms with Crippen LogP contribution >= 0.6 is 15.9 Å². The Morgan fingerprint density at radius 1 is 1.21 bits per heavy atom. The number of halogens is 1. The zero-order valence-electron chi connectivity index (χ0n) is 9.43. The highest BCUT2D eigenvalue weighted by atomic mass is 79.9. The minimum atomic E-state index is 0.653. The average molecular weight is 260 g/mol. The zero-order valence-corrected chi connectivity index (χ0v) is 11.0. The maximum Gasteiger partial charge on any atom is 0.0100 e. The molecular formula is C12H22BrN. The molecule has 2 unspecified atom stereocenters. The van der Waals surface area contributed by atoms with Gasteiger partial charge in [-0.3, -0.25) is 4.90 Å². The van der Waals surface area contributed by atoms with Gasteiger partial charge in [0.1, 0.15) is 0 Å². The highest BCUT2D eigenvalue weighted by Crippen LogP contribution is 2.48. The van der Waals surface area contributed by atoms with Gasteiger partial charge >= 0.3 is 0 Å². The van der Waals surface area contributed by atoms with Crippen molar-refractivity contribution in [3.8, 4) is 0 Å². The van der Waals surface area contributed by atoms with Crippen LogP contribution in [0.1, 0.15) is 46.0 Å². The minimum absolute atomic E-state index is 0.653. The van der Waals surface area contributed by atoms with Crippen LogP contribution in [-0.4, -0.2) is 28.9 Å². The first-order valence-electron chi connectivity index (χ1n) is 5.99. The molecule has 2 rings (SSSR count). The first-order valence-corrected chi connectivity index (χ1v) is 7.11. The van der Waals surface area contributed by atoms with E-state index in [9.17, 15) is 0 Å². The van der Waals surface area contributed by atoms with Crippen molar-refractivity contribution < 1.29 is 0 Å². The van der Waals surface area contributed by atoms with E-state index in [2.05, 4.69) is 34.7 Å². The highest BCUT2D eigenvalue weighted by molar-refractivity contribution is 9.09. The molecule has 0 bridgehead atoms. The van der Waals surface area contributed by atoms with E-state index in [0.717, 1.165) is 12.1 Å². The summed E-state index contributed by atoms with van der Waals surface area (Å²) in [5.41, 5.74) is 0.653. The molecule has 1 saturated heterocycles. The molecule has 0 aromatic carbocycles. The van der Waals surface area contributed by atoms with E-state index in [0.29, 0.717) is 5.41 Å². The van der Waals surface area contributed by atoms with Crippen LogP contribution in [0, 0.1) is 5.41 Å². The molecule has 82 valence electrons. The van der Waals surface area contributed by atoms with Crippen molar-refractivity contribution in [2.24, 2.45) is 5.41 Å². The molecule has 1 aliphatic carbocycles. The summed E-state index contributed by atoms with van der Waals surface area (Å²) in [5, 5.41) is 1.20. The van der Waals surface area contributed by atoms with Gasteiger partial charge in [0.2, 0.25) is 0 Å². The molecule has 0 aromatic heterocycles. The Kier molecular flexibility index (Phi) is 3.23. The first kappa shape index (κ1) is 10.9. The van der Waals surface area contributed by atoms with Crippen LogP contribution in [0.2, 0.25) is 0 Å². The summed E-state index contributed by atoms with van der Waals surface area (Å²) in [6.45, 7) is 6.14. The second kappa shape index (κ2) is 4.13. The fourth-order valence-electron chi connectivity index (χ4n) is 2.68. The molecular weight excluding hydrogens is 238 g/mol. The normalized spacial score (nSPS) is 37.1. The van der Waals surface area contributed by atoms with Gasteiger partial charge in [0, 0.05) is 24.0 Å². The summed E-state index contributed by atoms with van der Waals surface area (Å²) < 4.78 is 0. The van der Waals surface area contributed by atoms with Gasteiger partial charge in [0.05, 0.1) is 0 Å². The maximum atomic E-state index is 3.67. The van der Waals surface area contributed by atoms with Crippen LogP contribution in [0.4, 0.5) is 0 Å². The average Bonchev–Trinajstić information content (AvgIpc) is 2.93. The van der Waals surface area contributed by atoms with E-state index < -0.39 is 0 Å². The molecule has 0 radical (unpaired) electrons. The third kappa shape index (κ3) is 2.16. The van der Waals surface area contributed by atoms with E-state index >= 15 is 0 Å². The molecule has 1 heterocycles. The molecule has 0 amide bonds. The number of nitrogens with zero attached hydrogens (tertiary/aromatic N) is 1. The van der Waals surface area contributed by atoms with Gasteiger partial charge in [-0.25, -0.2) is 0 Å². The minimum Gasteiger partial charge on any atom is -0.297 e. The third-order valence-electron chi connectivity index (χ3n) is 4.13. The fourth-order valence-corrected chi connectivity index (χ4v) is 3.42. The fraction of sp³-hybridized carbons (Fsp3) is 1.00. The topological polar surface area (TPSA) is 3.24 Å². The maximum absolute atomic E-state index is 3.67. The molecule has 0 N–H and O–H groups in total. The highest BCUT2D eigenvalue weighted by Gasteiger charge is 2.44. The molecule has 0 spiro atoms. The monoisotopic (exact) mass is 259 g/mol. The number of rotatable bonds is 3. The number of likely N-dealkylation sites (tertiary alicyclic amines) is 1. The molecule has 1 nitrogen and oxygen atoms in total. The van der Waals surface area contributed by atoms with Crippen molar-refractivity contribution in [3.63, 3.8) is 0 Å². The Labute approximate surface area is 96.4 Å². The van der Waals surface area contributed by atoms with E-state index in [1.165, 1.54) is 44.0 Å². The molecule has 2 fully saturated rings. The summed E-state index contributed by atoms with van der Waals surface area (Å²) >= 11 is 3.67. The van der Waals surface area contributed by atoms with Crippen LogP contribution < -0.4 is 0 Å². The van der Waals surface area contributed by atoms with Crippen LogP contribution in [0.25, 0.3) is 0 Å². The third-order valence-corrected chi connectivity index (χ3v) is 5.32. The Hall–Kier alpha value is 0.440. The first-order chi connectivity index (χ1) is 6.67. The summed E-state index contributed by atoms with van der Waals surface area (Å²) in [6.07, 6.45) is 7.12. The van der Waals surface area contributed by atoms with Crippen molar-refractivity contribution in [1.82, 2.24) is 4.90 Å². The van der Waals surface area contributed by atoms with Crippen molar-refractivity contribution in [2.45, 2.75) is 58.0 Å². The number of hydrogen-bond acceptors (Lipinski definition) is 1. The van der Waals surface area contributed by atoms with Gasteiger partial charge in [-0.15, -0.1) is 0 Å². The summed E-state index contributed by atoms with van der Waals surface area (Å²) in [6, 6.07) is 1.63. The van der Waals surface area contributed by atoms with E-state index in [4.69, 9.17) is 0 Å². The van der Waals surface area contributed by atoms with Crippen LogP contribution in [0.3, 0.4) is 0 Å². The Balaban J connectivity index is 1.94. The number of alkyl halides is 1. The predicted molar refractivity (Wildman–Crippen MR) is 64.9 cm³/mol. The standard InChI is InChI=1S/C12H22BrN/c1-10-4-3-5-11(2)14(10)9-12(8-13)6-7-12/h10-11H,3-9H2,1-2H3. The second-order valence-electron chi connectivity index (χ2n) is 5.43. The van der Waals surface area contributed by atoms with Crippen molar-refractivity contribution in [3.05, 3.63) is 0 Å². The lowest BCUT2D eigenvalue weighted by Crippen LogP contribution is -2.46. The Bertz CT molecular complexity index is 190. The van der Waals surface area contributed by atoms with Crippen LogP contribution in [0.5, 0.6) is 0 Å². The van der Waals surface area contributed by atoms with Crippen LogP contribution in [0.15, 0.2) is 0 Å². The van der Waals surface area contributed by atoms with Crippen molar-refractivity contribution in [2.75, 3.05) is 11.9 Å². The summed E-state index contributed by atoms with van der Waals surface area (Å²) in [4.78, 5) is 2.75. The van der Waals surface area contributed by atoms with Crippen molar-refractivity contribution in [1.29, 1.82) is 0 Å². The molecule has 0 aromatic rings. The van der Waals surface area contributed by atoms with Gasteiger partial charge in [-0.1, -0.05) is 22.4 Å². The van der Waals surface area contributed by atoms with Crippen molar-refractivity contribution >= 4 is 15.9 Å². The summed E-state index contributed by atoms with van der Waals surface area (Å²) in [7, 11) is 0. The largest absolute Gasteiger partial charge is 0.297 e. The van der Waals surface area contributed by atoms with Gasteiger partial charge in [0.15, 0.2) is 0 Å². The van der Waals surface area contributed by atoms with E-state index in [1.54, 1.807) is 0 Å². The molecule has 2 aliphatic rings.